The van der Waals surface area contributed by atoms with Gasteiger partial charge in [0.1, 0.15) is 5.75 Å². The fraction of sp³-hybridized carbons (Fsp3) is 0.200. The predicted molar refractivity (Wildman–Crippen MR) is 74.8 cm³/mol. The van der Waals surface area contributed by atoms with Crippen LogP contribution in [0.3, 0.4) is 0 Å². The summed E-state index contributed by atoms with van der Waals surface area (Å²) in [5.74, 6) is 0.508. The molecule has 0 atom stereocenters. The first-order chi connectivity index (χ1) is 7.58. The van der Waals surface area contributed by atoms with Gasteiger partial charge in [-0.25, -0.2) is 0 Å². The molecule has 2 N–H and O–H groups in total. The van der Waals surface area contributed by atoms with Crippen LogP contribution in [0.5, 0.6) is 5.75 Å². The first kappa shape index (κ1) is 13.2. The van der Waals surface area contributed by atoms with Crippen LogP contribution in [0.4, 0.5) is 0 Å². The molecule has 0 aliphatic carbocycles. The second-order valence-electron chi connectivity index (χ2n) is 2.88. The molecule has 0 radical (unpaired) electrons. The molecule has 1 aromatic carbocycles. The summed E-state index contributed by atoms with van der Waals surface area (Å²) in [5.41, 5.74) is 0.544. The number of halogens is 1. The van der Waals surface area contributed by atoms with E-state index < -0.39 is 0 Å². The Labute approximate surface area is 113 Å². The van der Waals surface area contributed by atoms with Crippen molar-refractivity contribution in [3.8, 4) is 5.75 Å². The summed E-state index contributed by atoms with van der Waals surface area (Å²) in [6, 6.07) is 5.18. The van der Waals surface area contributed by atoms with Crippen molar-refractivity contribution in [2.75, 3.05) is 14.2 Å². The van der Waals surface area contributed by atoms with Crippen molar-refractivity contribution in [2.45, 2.75) is 0 Å². The number of amides is 1. The summed E-state index contributed by atoms with van der Waals surface area (Å²) in [7, 11) is 3.24. The van der Waals surface area contributed by atoms with Crippen molar-refractivity contribution in [3.05, 3.63) is 27.3 Å². The second kappa shape index (κ2) is 6.00. The molecule has 0 aromatic heterocycles. The van der Waals surface area contributed by atoms with E-state index in [1.807, 2.05) is 0 Å². The highest BCUT2D eigenvalue weighted by Gasteiger charge is 2.09. The van der Waals surface area contributed by atoms with Gasteiger partial charge in [-0.05, 0) is 53.0 Å². The maximum absolute atomic E-state index is 11.7. The molecule has 86 valence electrons. The minimum absolute atomic E-state index is 0.236. The second-order valence-corrected chi connectivity index (χ2v) is 4.45. The molecule has 0 saturated carbocycles. The molecular weight excluding hydrogens is 339 g/mol. The van der Waals surface area contributed by atoms with Gasteiger partial charge in [0, 0.05) is 12.6 Å². The van der Waals surface area contributed by atoms with Gasteiger partial charge in [-0.15, -0.1) is 0 Å². The Hall–Kier alpha value is -0.890. The Morgan fingerprint density at radius 1 is 1.50 bits per heavy atom. The minimum Gasteiger partial charge on any atom is -0.496 e. The molecule has 0 bridgehead atoms. The van der Waals surface area contributed by atoms with Gasteiger partial charge in [0.25, 0.3) is 5.91 Å². The van der Waals surface area contributed by atoms with Gasteiger partial charge in [-0.3, -0.25) is 10.1 Å². The van der Waals surface area contributed by atoms with E-state index in [4.69, 9.17) is 17.0 Å². The maximum Gasteiger partial charge on any atom is 0.257 e. The van der Waals surface area contributed by atoms with E-state index in [1.165, 1.54) is 0 Å². The van der Waals surface area contributed by atoms with E-state index in [0.29, 0.717) is 10.7 Å². The zero-order valence-corrected chi connectivity index (χ0v) is 11.8. The number of ether oxygens (including phenoxy) is 1. The van der Waals surface area contributed by atoms with Gasteiger partial charge in [0.15, 0.2) is 5.11 Å². The number of carbonyl (C=O) groups is 1. The summed E-state index contributed by atoms with van der Waals surface area (Å²) < 4.78 is 5.98. The van der Waals surface area contributed by atoms with E-state index in [1.54, 1.807) is 32.4 Å². The van der Waals surface area contributed by atoms with Crippen LogP contribution in [0.2, 0.25) is 0 Å². The number of carbonyl (C=O) groups excluding carboxylic acids is 1. The van der Waals surface area contributed by atoms with Crippen LogP contribution in [-0.2, 0) is 0 Å². The lowest BCUT2D eigenvalue weighted by molar-refractivity contribution is 0.0976. The van der Waals surface area contributed by atoms with Crippen molar-refractivity contribution in [1.82, 2.24) is 10.6 Å². The van der Waals surface area contributed by atoms with Gasteiger partial charge in [0.05, 0.1) is 10.7 Å². The highest BCUT2D eigenvalue weighted by molar-refractivity contribution is 14.1. The van der Waals surface area contributed by atoms with E-state index in [9.17, 15) is 4.79 Å². The summed E-state index contributed by atoms with van der Waals surface area (Å²) in [4.78, 5) is 11.7. The largest absolute Gasteiger partial charge is 0.496 e. The number of hydrogen-bond donors (Lipinski definition) is 2. The Morgan fingerprint density at radius 3 is 2.69 bits per heavy atom. The zero-order chi connectivity index (χ0) is 12.1. The predicted octanol–water partition coefficient (Wildman–Crippen LogP) is 1.53. The third-order valence-corrected chi connectivity index (χ3v) is 3.02. The lowest BCUT2D eigenvalue weighted by atomic mass is 10.2. The average Bonchev–Trinajstić information content (AvgIpc) is 2.28. The molecule has 16 heavy (non-hydrogen) atoms. The molecule has 0 saturated heterocycles. The lowest BCUT2D eigenvalue weighted by Gasteiger charge is -2.07. The van der Waals surface area contributed by atoms with E-state index >= 15 is 0 Å². The normalized spacial score (nSPS) is 9.44. The number of hydrogen-bond acceptors (Lipinski definition) is 3. The molecule has 0 aliphatic rings. The zero-order valence-electron chi connectivity index (χ0n) is 8.83. The standard InChI is InChI=1S/C10H11IN2O2S/c1-12-10(16)13-9(14)6-3-4-8(15-2)7(11)5-6/h3-5H,1-2H3,(H2,12,13,14,16). The van der Waals surface area contributed by atoms with Crippen LogP contribution < -0.4 is 15.4 Å². The van der Waals surface area contributed by atoms with Crippen LogP contribution in [0.15, 0.2) is 18.2 Å². The minimum atomic E-state index is -0.236. The highest BCUT2D eigenvalue weighted by Crippen LogP contribution is 2.21. The molecule has 1 amide bonds. The maximum atomic E-state index is 11.7. The van der Waals surface area contributed by atoms with Crippen LogP contribution in [-0.4, -0.2) is 25.2 Å². The molecule has 0 heterocycles. The molecule has 6 heteroatoms. The number of thiocarbonyl (C=S) groups is 1. The number of benzene rings is 1. The van der Waals surface area contributed by atoms with E-state index in [0.717, 1.165) is 9.32 Å². The molecule has 0 spiro atoms. The SMILES string of the molecule is CNC(=S)NC(=O)c1ccc(OC)c(I)c1. The molecule has 1 rings (SSSR count). The number of rotatable bonds is 2. The summed E-state index contributed by atoms with van der Waals surface area (Å²) in [5, 5.41) is 5.53. The van der Waals surface area contributed by atoms with Crippen molar-refractivity contribution in [3.63, 3.8) is 0 Å². The molecular formula is C10H11IN2O2S. The highest BCUT2D eigenvalue weighted by atomic mass is 127. The molecule has 4 nitrogen and oxygen atoms in total. The average molecular weight is 350 g/mol. The molecule has 0 unspecified atom stereocenters. The summed E-state index contributed by atoms with van der Waals surface area (Å²) >= 11 is 6.95. The topological polar surface area (TPSA) is 50.4 Å². The van der Waals surface area contributed by atoms with E-state index in [2.05, 4.69) is 33.2 Å². The Bertz CT molecular complexity index is 423. The van der Waals surface area contributed by atoms with Crippen LogP contribution in [0.25, 0.3) is 0 Å². The summed E-state index contributed by atoms with van der Waals surface area (Å²) in [6.45, 7) is 0. The third-order valence-electron chi connectivity index (χ3n) is 1.87. The van der Waals surface area contributed by atoms with Crippen LogP contribution in [0.1, 0.15) is 10.4 Å². The Kier molecular flexibility index (Phi) is 4.94. The van der Waals surface area contributed by atoms with Gasteiger partial charge in [-0.1, -0.05) is 0 Å². The number of nitrogens with one attached hydrogen (secondary N) is 2. The number of methoxy groups -OCH3 is 1. The Balaban J connectivity index is 2.85. The third kappa shape index (κ3) is 3.31. The molecule has 0 aliphatic heterocycles. The van der Waals surface area contributed by atoms with Crippen molar-refractivity contribution in [2.24, 2.45) is 0 Å². The smallest absolute Gasteiger partial charge is 0.257 e. The summed E-state index contributed by atoms with van der Waals surface area (Å²) in [6.07, 6.45) is 0. The lowest BCUT2D eigenvalue weighted by Crippen LogP contribution is -2.37. The fourth-order valence-corrected chi connectivity index (χ4v) is 1.87. The monoisotopic (exact) mass is 350 g/mol. The van der Waals surface area contributed by atoms with Gasteiger partial charge >= 0.3 is 0 Å². The van der Waals surface area contributed by atoms with Crippen molar-refractivity contribution < 1.29 is 9.53 Å². The van der Waals surface area contributed by atoms with Gasteiger partial charge in [0.2, 0.25) is 0 Å². The van der Waals surface area contributed by atoms with Crippen LogP contribution in [0, 0.1) is 3.57 Å². The fourth-order valence-electron chi connectivity index (χ4n) is 1.05. The van der Waals surface area contributed by atoms with Gasteiger partial charge < -0.3 is 10.1 Å². The van der Waals surface area contributed by atoms with Crippen molar-refractivity contribution >= 4 is 45.8 Å². The van der Waals surface area contributed by atoms with Crippen LogP contribution >= 0.6 is 34.8 Å². The molecule has 0 fully saturated rings. The Morgan fingerprint density at radius 2 is 2.19 bits per heavy atom. The van der Waals surface area contributed by atoms with Crippen molar-refractivity contribution in [1.29, 1.82) is 0 Å². The van der Waals surface area contributed by atoms with Gasteiger partial charge in [-0.2, -0.15) is 0 Å². The first-order valence-electron chi connectivity index (χ1n) is 4.45. The van der Waals surface area contributed by atoms with E-state index in [-0.39, 0.29) is 5.91 Å². The molecule has 1 aromatic rings. The first-order valence-corrected chi connectivity index (χ1v) is 5.93. The quantitative estimate of drug-likeness (QED) is 0.628.